The van der Waals surface area contributed by atoms with Crippen molar-refractivity contribution in [1.29, 1.82) is 0 Å². The molecule has 0 radical (unpaired) electrons. The van der Waals surface area contributed by atoms with E-state index in [1.54, 1.807) is 28.3 Å². The number of esters is 1. The maximum absolute atomic E-state index is 12.9. The first-order valence-electron chi connectivity index (χ1n) is 11.0. The Balaban J connectivity index is 1.98. The quantitative estimate of drug-likeness (QED) is 0.547. The molecule has 0 saturated carbocycles. The molecular weight excluding hydrogens is 418 g/mol. The molecule has 2 rings (SSSR count). The van der Waals surface area contributed by atoms with Crippen LogP contribution in [0.2, 0.25) is 0 Å². The zero-order chi connectivity index (χ0) is 22.9. The van der Waals surface area contributed by atoms with Crippen LogP contribution in [0, 0.1) is 5.92 Å². The highest BCUT2D eigenvalue weighted by Crippen LogP contribution is 2.21. The summed E-state index contributed by atoms with van der Waals surface area (Å²) in [6, 6.07) is 6.25. The van der Waals surface area contributed by atoms with E-state index in [0.29, 0.717) is 31.9 Å². The van der Waals surface area contributed by atoms with Crippen LogP contribution >= 0.6 is 0 Å². The number of nitrogens with zero attached hydrogens (tertiary/aromatic N) is 2. The number of carbonyl (C=O) groups excluding carboxylic acids is 2. The lowest BCUT2D eigenvalue weighted by Gasteiger charge is -2.22. The lowest BCUT2D eigenvalue weighted by molar-refractivity contribution is -0.144. The van der Waals surface area contributed by atoms with E-state index in [1.165, 1.54) is 12.1 Å². The third-order valence-electron chi connectivity index (χ3n) is 4.99. The Kier molecular flexibility index (Phi) is 9.93. The number of rotatable bonds is 10. The first kappa shape index (κ1) is 25.3. The van der Waals surface area contributed by atoms with Gasteiger partial charge in [0.25, 0.3) is 0 Å². The van der Waals surface area contributed by atoms with Gasteiger partial charge in [0.05, 0.1) is 24.6 Å². The first-order valence-corrected chi connectivity index (χ1v) is 12.4. The van der Waals surface area contributed by atoms with Gasteiger partial charge in [-0.1, -0.05) is 26.7 Å². The van der Waals surface area contributed by atoms with Crippen LogP contribution in [0.1, 0.15) is 46.5 Å². The molecule has 1 amide bonds. The lowest BCUT2D eigenvalue weighted by Crippen LogP contribution is -2.39. The second-order valence-corrected chi connectivity index (χ2v) is 10.2. The molecule has 1 aromatic rings. The number of ether oxygens (including phenoxy) is 1. The van der Waals surface area contributed by atoms with Gasteiger partial charge in [0.1, 0.15) is 0 Å². The van der Waals surface area contributed by atoms with Gasteiger partial charge in [0, 0.05) is 25.3 Å². The summed E-state index contributed by atoms with van der Waals surface area (Å²) < 4.78 is 32.3. The summed E-state index contributed by atoms with van der Waals surface area (Å²) in [5.74, 6) is -0.349. The molecule has 1 aliphatic rings. The largest absolute Gasteiger partial charge is 0.465 e. The summed E-state index contributed by atoms with van der Waals surface area (Å²) in [6.07, 6.45) is 3.88. The van der Waals surface area contributed by atoms with E-state index in [-0.39, 0.29) is 35.8 Å². The Labute approximate surface area is 186 Å². The molecule has 1 aliphatic heterocycles. The molecule has 1 fully saturated rings. The number of nitrogens with one attached hydrogen (secondary N) is 1. The van der Waals surface area contributed by atoms with Crippen molar-refractivity contribution in [2.24, 2.45) is 5.92 Å². The van der Waals surface area contributed by atoms with Gasteiger partial charge in [-0.05, 0) is 49.9 Å². The van der Waals surface area contributed by atoms with E-state index in [1.807, 2.05) is 13.8 Å². The predicted octanol–water partition coefficient (Wildman–Crippen LogP) is 2.71. The molecule has 1 heterocycles. The fourth-order valence-corrected chi connectivity index (χ4v) is 5.15. The molecule has 1 N–H and O–H groups in total. The van der Waals surface area contributed by atoms with Gasteiger partial charge in [-0.15, -0.1) is 0 Å². The summed E-state index contributed by atoms with van der Waals surface area (Å²) in [4.78, 5) is 26.3. The summed E-state index contributed by atoms with van der Waals surface area (Å²) in [5.41, 5.74) is 0.514. The Hall–Kier alpha value is -1.97. The highest BCUT2D eigenvalue weighted by molar-refractivity contribution is 7.89. The first-order chi connectivity index (χ1) is 14.7. The van der Waals surface area contributed by atoms with Gasteiger partial charge < -0.3 is 10.1 Å². The number of amides is 1. The van der Waals surface area contributed by atoms with Gasteiger partial charge in [-0.25, -0.2) is 8.42 Å². The molecule has 9 heteroatoms. The summed E-state index contributed by atoms with van der Waals surface area (Å²) in [6.45, 7) is 7.84. The molecule has 1 aromatic carbocycles. The molecule has 0 unspecified atom stereocenters. The minimum atomic E-state index is -3.52. The minimum Gasteiger partial charge on any atom is -0.465 e. The van der Waals surface area contributed by atoms with Gasteiger partial charge in [0.2, 0.25) is 15.9 Å². The minimum absolute atomic E-state index is 0.0465. The van der Waals surface area contributed by atoms with Crippen LogP contribution in [0.5, 0.6) is 0 Å². The number of sulfonamides is 1. The number of anilines is 1. The van der Waals surface area contributed by atoms with Crippen molar-refractivity contribution in [3.8, 4) is 0 Å². The summed E-state index contributed by atoms with van der Waals surface area (Å²) >= 11 is 0. The highest BCUT2D eigenvalue weighted by Gasteiger charge is 2.25. The number of carbonyl (C=O) groups is 2. The van der Waals surface area contributed by atoms with Crippen LogP contribution in [0.3, 0.4) is 0 Å². The molecule has 174 valence electrons. The van der Waals surface area contributed by atoms with Gasteiger partial charge in [-0.3, -0.25) is 14.5 Å². The van der Waals surface area contributed by atoms with Crippen molar-refractivity contribution in [3.05, 3.63) is 24.3 Å². The topological polar surface area (TPSA) is 96.0 Å². The normalized spacial score (nSPS) is 15.6. The molecule has 31 heavy (non-hydrogen) atoms. The van der Waals surface area contributed by atoms with Crippen LogP contribution in [0.4, 0.5) is 5.69 Å². The van der Waals surface area contributed by atoms with Crippen LogP contribution in [0.25, 0.3) is 0 Å². The molecular formula is C22H35N3O5S. The smallest absolute Gasteiger partial charge is 0.320 e. The van der Waals surface area contributed by atoms with Crippen LogP contribution < -0.4 is 5.32 Å². The maximum atomic E-state index is 12.9. The standard InChI is InChI=1S/C22H35N3O5S/c1-4-30-22(27)17-24(15-18(2)3)16-21(26)23-19-9-11-20(12-10-19)31(28,29)25-13-7-5-6-8-14-25/h9-12,18H,4-8,13-17H2,1-3H3,(H,23,26). The van der Waals surface area contributed by atoms with Crippen molar-refractivity contribution in [3.63, 3.8) is 0 Å². The van der Waals surface area contributed by atoms with Crippen molar-refractivity contribution in [2.45, 2.75) is 51.3 Å². The van der Waals surface area contributed by atoms with E-state index < -0.39 is 10.0 Å². The Morgan fingerprint density at radius 3 is 2.23 bits per heavy atom. The second kappa shape index (κ2) is 12.2. The summed E-state index contributed by atoms with van der Waals surface area (Å²) in [5, 5.41) is 2.78. The van der Waals surface area contributed by atoms with Crippen molar-refractivity contribution in [2.75, 3.05) is 44.6 Å². The maximum Gasteiger partial charge on any atom is 0.320 e. The lowest BCUT2D eigenvalue weighted by atomic mass is 10.2. The van der Waals surface area contributed by atoms with Crippen molar-refractivity contribution in [1.82, 2.24) is 9.21 Å². The Morgan fingerprint density at radius 1 is 1.06 bits per heavy atom. The highest BCUT2D eigenvalue weighted by atomic mass is 32.2. The number of hydrogen-bond donors (Lipinski definition) is 1. The Bertz CT molecular complexity index is 816. The molecule has 0 spiro atoms. The fraction of sp³-hybridized carbons (Fsp3) is 0.636. The number of hydrogen-bond acceptors (Lipinski definition) is 6. The van der Waals surface area contributed by atoms with E-state index >= 15 is 0 Å². The van der Waals surface area contributed by atoms with Gasteiger partial charge in [0.15, 0.2) is 0 Å². The van der Waals surface area contributed by atoms with E-state index in [4.69, 9.17) is 4.74 Å². The van der Waals surface area contributed by atoms with E-state index in [0.717, 1.165) is 25.7 Å². The molecule has 0 aliphatic carbocycles. The van der Waals surface area contributed by atoms with Crippen LogP contribution in [-0.2, 0) is 24.3 Å². The Morgan fingerprint density at radius 2 is 1.68 bits per heavy atom. The molecule has 0 atom stereocenters. The summed E-state index contributed by atoms with van der Waals surface area (Å²) in [7, 11) is -3.52. The second-order valence-electron chi connectivity index (χ2n) is 8.26. The van der Waals surface area contributed by atoms with E-state index in [9.17, 15) is 18.0 Å². The third-order valence-corrected chi connectivity index (χ3v) is 6.90. The zero-order valence-corrected chi connectivity index (χ0v) is 19.6. The SMILES string of the molecule is CCOC(=O)CN(CC(=O)Nc1ccc(S(=O)(=O)N2CCCCCC2)cc1)CC(C)C. The molecule has 0 aromatic heterocycles. The molecule has 8 nitrogen and oxygen atoms in total. The van der Waals surface area contributed by atoms with Gasteiger partial charge in [-0.2, -0.15) is 4.31 Å². The van der Waals surface area contributed by atoms with Gasteiger partial charge >= 0.3 is 5.97 Å². The van der Waals surface area contributed by atoms with E-state index in [2.05, 4.69) is 5.32 Å². The fourth-order valence-electron chi connectivity index (χ4n) is 3.64. The van der Waals surface area contributed by atoms with Crippen LogP contribution in [-0.4, -0.2) is 68.8 Å². The average molecular weight is 454 g/mol. The molecule has 1 saturated heterocycles. The monoisotopic (exact) mass is 453 g/mol. The predicted molar refractivity (Wildman–Crippen MR) is 120 cm³/mol. The van der Waals surface area contributed by atoms with Crippen molar-refractivity contribution < 1.29 is 22.7 Å². The average Bonchev–Trinajstić information content (AvgIpc) is 2.98. The zero-order valence-electron chi connectivity index (χ0n) is 18.8. The third kappa shape index (κ3) is 8.23. The number of benzene rings is 1. The van der Waals surface area contributed by atoms with Crippen LogP contribution in [0.15, 0.2) is 29.2 Å². The molecule has 0 bridgehead atoms. The van der Waals surface area contributed by atoms with Crippen molar-refractivity contribution >= 4 is 27.6 Å².